The standard InChI is InChI=1S/C12H9ClN4O/c1-18-9-5-3-2-4-8(9)15-11-6-10(13)16-12(7-14)17-11/h2-6H,1H3,(H,15,16,17). The molecule has 5 nitrogen and oxygen atoms in total. The fraction of sp³-hybridized carbons (Fsp3) is 0.0833. The van der Waals surface area contributed by atoms with Crippen LogP contribution in [0.15, 0.2) is 30.3 Å². The van der Waals surface area contributed by atoms with E-state index in [0.29, 0.717) is 11.6 Å². The third-order valence-electron chi connectivity index (χ3n) is 2.16. The Kier molecular flexibility index (Phi) is 3.60. The van der Waals surface area contributed by atoms with Gasteiger partial charge in [0.15, 0.2) is 0 Å². The van der Waals surface area contributed by atoms with Gasteiger partial charge in [0.1, 0.15) is 22.8 Å². The van der Waals surface area contributed by atoms with Crippen LogP contribution in [0.3, 0.4) is 0 Å². The lowest BCUT2D eigenvalue weighted by Gasteiger charge is -2.10. The third-order valence-corrected chi connectivity index (χ3v) is 2.36. The first-order chi connectivity index (χ1) is 8.72. The molecule has 1 aromatic carbocycles. The third kappa shape index (κ3) is 2.67. The second-order valence-corrected chi connectivity index (χ2v) is 3.72. The number of nitrogens with zero attached hydrogens (tertiary/aromatic N) is 3. The molecule has 0 aliphatic rings. The van der Waals surface area contributed by atoms with Crippen molar-refractivity contribution < 1.29 is 4.74 Å². The summed E-state index contributed by atoms with van der Waals surface area (Å²) in [6, 6.07) is 10.8. The van der Waals surface area contributed by atoms with Crippen LogP contribution in [0.2, 0.25) is 5.15 Å². The van der Waals surface area contributed by atoms with E-state index in [1.54, 1.807) is 7.11 Å². The number of halogens is 1. The highest BCUT2D eigenvalue weighted by molar-refractivity contribution is 6.29. The Morgan fingerprint density at radius 3 is 2.83 bits per heavy atom. The lowest BCUT2D eigenvalue weighted by atomic mass is 10.3. The van der Waals surface area contributed by atoms with Gasteiger partial charge >= 0.3 is 0 Å². The molecule has 0 amide bonds. The van der Waals surface area contributed by atoms with Crippen molar-refractivity contribution >= 4 is 23.1 Å². The number of nitrogens with one attached hydrogen (secondary N) is 1. The van der Waals surface area contributed by atoms with Gasteiger partial charge in [-0.15, -0.1) is 0 Å². The highest BCUT2D eigenvalue weighted by Gasteiger charge is 2.06. The van der Waals surface area contributed by atoms with Crippen LogP contribution in [0, 0.1) is 11.3 Å². The molecule has 1 N–H and O–H groups in total. The van der Waals surface area contributed by atoms with Crippen molar-refractivity contribution in [3.05, 3.63) is 41.3 Å². The Morgan fingerprint density at radius 2 is 2.11 bits per heavy atom. The maximum absolute atomic E-state index is 8.77. The second-order valence-electron chi connectivity index (χ2n) is 3.34. The number of benzene rings is 1. The van der Waals surface area contributed by atoms with E-state index >= 15 is 0 Å². The molecule has 0 spiro atoms. The van der Waals surface area contributed by atoms with Crippen molar-refractivity contribution in [3.8, 4) is 11.8 Å². The van der Waals surface area contributed by atoms with E-state index in [0.717, 1.165) is 5.69 Å². The summed E-state index contributed by atoms with van der Waals surface area (Å²) >= 11 is 5.80. The van der Waals surface area contributed by atoms with E-state index in [1.807, 2.05) is 30.3 Å². The summed E-state index contributed by atoms with van der Waals surface area (Å²) < 4.78 is 5.20. The van der Waals surface area contributed by atoms with Crippen LogP contribution in [-0.4, -0.2) is 17.1 Å². The van der Waals surface area contributed by atoms with Gasteiger partial charge in [0.25, 0.3) is 0 Å². The zero-order valence-corrected chi connectivity index (χ0v) is 10.3. The molecule has 2 aromatic rings. The minimum atomic E-state index is 0.0138. The summed E-state index contributed by atoms with van der Waals surface area (Å²) in [4.78, 5) is 7.76. The molecule has 0 aliphatic heterocycles. The van der Waals surface area contributed by atoms with Crippen molar-refractivity contribution in [2.24, 2.45) is 0 Å². The highest BCUT2D eigenvalue weighted by atomic mass is 35.5. The SMILES string of the molecule is COc1ccccc1Nc1cc(Cl)nc(C#N)n1. The topological polar surface area (TPSA) is 70.8 Å². The number of para-hydroxylation sites is 2. The summed E-state index contributed by atoms with van der Waals surface area (Å²) in [6.07, 6.45) is 0. The first-order valence-corrected chi connectivity index (χ1v) is 5.45. The predicted molar refractivity (Wildman–Crippen MR) is 68.0 cm³/mol. The molecule has 1 heterocycles. The molecule has 0 radical (unpaired) electrons. The highest BCUT2D eigenvalue weighted by Crippen LogP contribution is 2.26. The number of aromatic nitrogens is 2. The summed E-state index contributed by atoms with van der Waals surface area (Å²) in [5.74, 6) is 1.13. The Balaban J connectivity index is 2.34. The minimum Gasteiger partial charge on any atom is -0.495 e. The number of hydrogen-bond donors (Lipinski definition) is 1. The molecular weight excluding hydrogens is 252 g/mol. The van der Waals surface area contributed by atoms with Crippen LogP contribution < -0.4 is 10.1 Å². The Morgan fingerprint density at radius 1 is 1.33 bits per heavy atom. The number of hydrogen-bond acceptors (Lipinski definition) is 5. The summed E-state index contributed by atoms with van der Waals surface area (Å²) in [5.41, 5.74) is 0.735. The van der Waals surface area contributed by atoms with Crippen LogP contribution in [0.25, 0.3) is 0 Å². The van der Waals surface area contributed by atoms with Crippen LogP contribution >= 0.6 is 11.6 Å². The van der Waals surface area contributed by atoms with Gasteiger partial charge in [-0.3, -0.25) is 0 Å². The maximum atomic E-state index is 8.77. The van der Waals surface area contributed by atoms with Gasteiger partial charge in [-0.25, -0.2) is 9.97 Å². The lowest BCUT2D eigenvalue weighted by Crippen LogP contribution is -1.99. The lowest BCUT2D eigenvalue weighted by molar-refractivity contribution is 0.417. The quantitative estimate of drug-likeness (QED) is 0.859. The van der Waals surface area contributed by atoms with Crippen molar-refractivity contribution in [3.63, 3.8) is 0 Å². The molecule has 18 heavy (non-hydrogen) atoms. The molecule has 90 valence electrons. The van der Waals surface area contributed by atoms with E-state index in [4.69, 9.17) is 21.6 Å². The molecule has 2 rings (SSSR count). The fourth-order valence-corrected chi connectivity index (χ4v) is 1.60. The molecule has 0 fully saturated rings. The maximum Gasteiger partial charge on any atom is 0.235 e. The van der Waals surface area contributed by atoms with Gasteiger partial charge in [0.05, 0.1) is 12.8 Å². The van der Waals surface area contributed by atoms with Gasteiger partial charge in [-0.05, 0) is 12.1 Å². The molecule has 1 aromatic heterocycles. The first kappa shape index (κ1) is 12.1. The Bertz CT molecular complexity index is 609. The Labute approximate surface area is 109 Å². The van der Waals surface area contributed by atoms with Crippen molar-refractivity contribution in [2.45, 2.75) is 0 Å². The zero-order chi connectivity index (χ0) is 13.0. The first-order valence-electron chi connectivity index (χ1n) is 5.07. The van der Waals surface area contributed by atoms with Crippen molar-refractivity contribution in [2.75, 3.05) is 12.4 Å². The van der Waals surface area contributed by atoms with E-state index in [-0.39, 0.29) is 11.0 Å². The normalized spacial score (nSPS) is 9.61. The number of nitriles is 1. The number of anilines is 2. The zero-order valence-electron chi connectivity index (χ0n) is 9.51. The van der Waals surface area contributed by atoms with E-state index in [2.05, 4.69) is 15.3 Å². The van der Waals surface area contributed by atoms with Gasteiger partial charge in [-0.2, -0.15) is 5.26 Å². The second kappa shape index (κ2) is 5.34. The van der Waals surface area contributed by atoms with E-state index < -0.39 is 0 Å². The van der Waals surface area contributed by atoms with E-state index in [1.165, 1.54) is 6.07 Å². The minimum absolute atomic E-state index is 0.0138. The summed E-state index contributed by atoms with van der Waals surface area (Å²) in [5, 5.41) is 12.0. The largest absolute Gasteiger partial charge is 0.495 e. The van der Waals surface area contributed by atoms with Crippen LogP contribution in [0.5, 0.6) is 5.75 Å². The molecule has 0 unspecified atom stereocenters. The van der Waals surface area contributed by atoms with Gasteiger partial charge in [0, 0.05) is 6.07 Å². The van der Waals surface area contributed by atoms with Gasteiger partial charge in [-0.1, -0.05) is 23.7 Å². The van der Waals surface area contributed by atoms with Crippen LogP contribution in [0.1, 0.15) is 5.82 Å². The average Bonchev–Trinajstić information content (AvgIpc) is 2.38. The number of ether oxygens (including phenoxy) is 1. The summed E-state index contributed by atoms with van der Waals surface area (Å²) in [7, 11) is 1.58. The Hall–Kier alpha value is -2.32. The number of rotatable bonds is 3. The monoisotopic (exact) mass is 260 g/mol. The number of methoxy groups -OCH3 is 1. The van der Waals surface area contributed by atoms with E-state index in [9.17, 15) is 0 Å². The average molecular weight is 261 g/mol. The molecule has 0 atom stereocenters. The van der Waals surface area contributed by atoms with Crippen LogP contribution in [0.4, 0.5) is 11.5 Å². The molecule has 0 saturated carbocycles. The summed E-state index contributed by atoms with van der Waals surface area (Å²) in [6.45, 7) is 0. The molecule has 6 heteroatoms. The molecule has 0 saturated heterocycles. The van der Waals surface area contributed by atoms with Gasteiger partial charge in [0.2, 0.25) is 5.82 Å². The van der Waals surface area contributed by atoms with Gasteiger partial charge < -0.3 is 10.1 Å². The van der Waals surface area contributed by atoms with Crippen molar-refractivity contribution in [1.82, 2.24) is 9.97 Å². The fourth-order valence-electron chi connectivity index (χ4n) is 1.42. The molecular formula is C12H9ClN4O. The smallest absolute Gasteiger partial charge is 0.235 e. The predicted octanol–water partition coefficient (Wildman–Crippen LogP) is 2.75. The van der Waals surface area contributed by atoms with Crippen molar-refractivity contribution in [1.29, 1.82) is 5.26 Å². The molecule has 0 bridgehead atoms. The molecule has 0 aliphatic carbocycles. The van der Waals surface area contributed by atoms with Crippen LogP contribution in [-0.2, 0) is 0 Å².